The first kappa shape index (κ1) is 12.5. The number of benzene rings is 1. The van der Waals surface area contributed by atoms with Crippen LogP contribution in [0.4, 0.5) is 4.79 Å². The minimum atomic E-state index is -0.502. The molecule has 0 unspecified atom stereocenters. The third-order valence-electron chi connectivity index (χ3n) is 3.08. The summed E-state index contributed by atoms with van der Waals surface area (Å²) >= 11 is 0. The number of rotatable bonds is 1. The van der Waals surface area contributed by atoms with Crippen LogP contribution in [0.3, 0.4) is 0 Å². The summed E-state index contributed by atoms with van der Waals surface area (Å²) in [7, 11) is 1.49. The Bertz CT molecular complexity index is 690. The standard InChI is InChI=1S/C14H14N2O4/c1-3-19-14(17)16-8-10-9-6-4-5-7-11(9)20-12(10)13(15-16)18-2/h4-7H,3,8H2,1-2H3. The molecule has 0 saturated carbocycles. The molecule has 6 heteroatoms. The molecule has 0 bridgehead atoms. The molecule has 0 N–H and O–H groups in total. The minimum Gasteiger partial charge on any atom is -0.477 e. The Kier molecular flexibility index (Phi) is 3.06. The third-order valence-corrected chi connectivity index (χ3v) is 3.08. The molecule has 1 amide bonds. The van der Waals surface area contributed by atoms with E-state index in [0.717, 1.165) is 16.5 Å². The van der Waals surface area contributed by atoms with Crippen LogP contribution in [0.15, 0.2) is 33.8 Å². The van der Waals surface area contributed by atoms with Crippen LogP contribution in [0.5, 0.6) is 0 Å². The summed E-state index contributed by atoms with van der Waals surface area (Å²) in [5.41, 5.74) is 1.62. The smallest absolute Gasteiger partial charge is 0.430 e. The first-order valence-electron chi connectivity index (χ1n) is 6.32. The van der Waals surface area contributed by atoms with Crippen molar-refractivity contribution in [2.24, 2.45) is 5.10 Å². The van der Waals surface area contributed by atoms with Crippen molar-refractivity contribution in [3.8, 4) is 0 Å². The predicted octanol–water partition coefficient (Wildman–Crippen LogP) is 2.71. The fourth-order valence-corrected chi connectivity index (χ4v) is 2.21. The first-order chi connectivity index (χ1) is 9.74. The number of amides is 1. The second-order valence-electron chi connectivity index (χ2n) is 4.27. The summed E-state index contributed by atoms with van der Waals surface area (Å²) in [6.45, 7) is 2.35. The van der Waals surface area contributed by atoms with Gasteiger partial charge in [-0.1, -0.05) is 18.2 Å². The van der Waals surface area contributed by atoms with Crippen molar-refractivity contribution in [2.75, 3.05) is 13.7 Å². The molecule has 1 aromatic carbocycles. The molecule has 2 heterocycles. The number of fused-ring (bicyclic) bond motifs is 3. The average molecular weight is 274 g/mol. The van der Waals surface area contributed by atoms with Gasteiger partial charge in [-0.2, -0.15) is 5.01 Å². The van der Waals surface area contributed by atoms with Gasteiger partial charge in [-0.25, -0.2) is 4.79 Å². The molecule has 0 spiro atoms. The number of ether oxygens (including phenoxy) is 2. The number of furan rings is 1. The van der Waals surface area contributed by atoms with E-state index in [4.69, 9.17) is 13.9 Å². The van der Waals surface area contributed by atoms with E-state index in [1.165, 1.54) is 12.1 Å². The zero-order chi connectivity index (χ0) is 14.1. The maximum Gasteiger partial charge on any atom is 0.430 e. The van der Waals surface area contributed by atoms with E-state index in [2.05, 4.69) is 5.10 Å². The molecule has 1 aromatic heterocycles. The van der Waals surface area contributed by atoms with Crippen molar-refractivity contribution in [3.63, 3.8) is 0 Å². The molecule has 3 rings (SSSR count). The molecule has 0 atom stereocenters. The highest BCUT2D eigenvalue weighted by molar-refractivity contribution is 6.00. The number of hydrazone groups is 1. The highest BCUT2D eigenvalue weighted by Gasteiger charge is 2.29. The number of nitrogens with zero attached hydrogens (tertiary/aromatic N) is 2. The van der Waals surface area contributed by atoms with Gasteiger partial charge in [-0.15, -0.1) is 5.10 Å². The van der Waals surface area contributed by atoms with E-state index in [0.29, 0.717) is 18.9 Å². The van der Waals surface area contributed by atoms with E-state index in [9.17, 15) is 4.79 Å². The van der Waals surface area contributed by atoms with E-state index in [-0.39, 0.29) is 5.90 Å². The van der Waals surface area contributed by atoms with Crippen molar-refractivity contribution < 1.29 is 18.7 Å². The Morgan fingerprint density at radius 3 is 3.00 bits per heavy atom. The van der Waals surface area contributed by atoms with Crippen LogP contribution in [0.2, 0.25) is 0 Å². The van der Waals surface area contributed by atoms with Gasteiger partial charge in [-0.05, 0) is 13.0 Å². The summed E-state index contributed by atoms with van der Waals surface area (Å²) in [4.78, 5) is 11.8. The summed E-state index contributed by atoms with van der Waals surface area (Å²) in [5.74, 6) is 0.838. The molecule has 20 heavy (non-hydrogen) atoms. The Hall–Kier alpha value is -2.50. The molecule has 1 aliphatic rings. The van der Waals surface area contributed by atoms with E-state index in [1.807, 2.05) is 24.3 Å². The van der Waals surface area contributed by atoms with Gasteiger partial charge >= 0.3 is 6.09 Å². The molecule has 2 aromatic rings. The molecule has 6 nitrogen and oxygen atoms in total. The highest BCUT2D eigenvalue weighted by Crippen LogP contribution is 2.30. The maximum absolute atomic E-state index is 11.8. The van der Waals surface area contributed by atoms with Crippen LogP contribution in [0.1, 0.15) is 18.2 Å². The van der Waals surface area contributed by atoms with Gasteiger partial charge in [0.1, 0.15) is 5.58 Å². The Balaban J connectivity index is 2.08. The number of methoxy groups -OCH3 is 1. The fourth-order valence-electron chi connectivity index (χ4n) is 2.21. The van der Waals surface area contributed by atoms with Crippen LogP contribution in [-0.2, 0) is 16.0 Å². The normalized spacial score (nSPS) is 13.9. The van der Waals surface area contributed by atoms with Gasteiger partial charge in [0.05, 0.1) is 20.3 Å². The van der Waals surface area contributed by atoms with Crippen LogP contribution >= 0.6 is 0 Å². The van der Waals surface area contributed by atoms with Gasteiger partial charge in [0.25, 0.3) is 5.90 Å². The lowest BCUT2D eigenvalue weighted by Gasteiger charge is -2.21. The summed E-state index contributed by atoms with van der Waals surface area (Å²) < 4.78 is 15.9. The molecule has 0 fully saturated rings. The average Bonchev–Trinajstić information content (AvgIpc) is 2.85. The molecular formula is C14H14N2O4. The molecule has 0 radical (unpaired) electrons. The van der Waals surface area contributed by atoms with E-state index >= 15 is 0 Å². The summed E-state index contributed by atoms with van der Waals surface area (Å²) in [6, 6.07) is 7.63. The number of carbonyl (C=O) groups excluding carboxylic acids is 1. The van der Waals surface area contributed by atoms with Crippen LogP contribution in [-0.4, -0.2) is 30.7 Å². The largest absolute Gasteiger partial charge is 0.477 e. The van der Waals surface area contributed by atoms with E-state index in [1.54, 1.807) is 6.92 Å². The van der Waals surface area contributed by atoms with Crippen LogP contribution in [0.25, 0.3) is 11.0 Å². The van der Waals surface area contributed by atoms with Crippen molar-refractivity contribution in [1.29, 1.82) is 0 Å². The fraction of sp³-hybridized carbons (Fsp3) is 0.286. The monoisotopic (exact) mass is 274 g/mol. The maximum atomic E-state index is 11.8. The second kappa shape index (κ2) is 4.88. The van der Waals surface area contributed by atoms with E-state index < -0.39 is 6.09 Å². The lowest BCUT2D eigenvalue weighted by molar-refractivity contribution is 0.103. The predicted molar refractivity (Wildman–Crippen MR) is 72.3 cm³/mol. The Morgan fingerprint density at radius 2 is 2.25 bits per heavy atom. The minimum absolute atomic E-state index is 0.274. The van der Waals surface area contributed by atoms with Gasteiger partial charge in [0, 0.05) is 10.9 Å². The highest BCUT2D eigenvalue weighted by atomic mass is 16.6. The lowest BCUT2D eigenvalue weighted by Crippen LogP contribution is -2.31. The third kappa shape index (κ3) is 1.89. The summed E-state index contributed by atoms with van der Waals surface area (Å²) in [6.07, 6.45) is -0.502. The molecular weight excluding hydrogens is 260 g/mol. The number of carbonyl (C=O) groups is 1. The SMILES string of the molecule is CCOC(=O)N1Cc2c(oc3ccccc23)C(OC)=N1. The summed E-state index contributed by atoms with van der Waals surface area (Å²) in [5, 5.41) is 6.30. The number of para-hydroxylation sites is 1. The Labute approximate surface area is 115 Å². The van der Waals surface area contributed by atoms with Crippen molar-refractivity contribution in [3.05, 3.63) is 35.6 Å². The van der Waals surface area contributed by atoms with Gasteiger partial charge in [0.2, 0.25) is 0 Å². The number of hydrogen-bond donors (Lipinski definition) is 0. The van der Waals surface area contributed by atoms with Crippen molar-refractivity contribution in [2.45, 2.75) is 13.5 Å². The zero-order valence-electron chi connectivity index (χ0n) is 11.3. The van der Waals surface area contributed by atoms with Gasteiger partial charge in [0.15, 0.2) is 5.76 Å². The Morgan fingerprint density at radius 1 is 1.45 bits per heavy atom. The molecule has 104 valence electrons. The second-order valence-corrected chi connectivity index (χ2v) is 4.27. The zero-order valence-corrected chi connectivity index (χ0v) is 11.3. The lowest BCUT2D eigenvalue weighted by atomic mass is 10.1. The number of hydrogen-bond acceptors (Lipinski definition) is 5. The van der Waals surface area contributed by atoms with Crippen LogP contribution < -0.4 is 0 Å². The first-order valence-corrected chi connectivity index (χ1v) is 6.32. The topological polar surface area (TPSA) is 64.3 Å². The quantitative estimate of drug-likeness (QED) is 0.802. The van der Waals surface area contributed by atoms with Gasteiger partial charge in [-0.3, -0.25) is 0 Å². The van der Waals surface area contributed by atoms with Crippen LogP contribution in [0, 0.1) is 0 Å². The molecule has 0 saturated heterocycles. The molecule has 1 aliphatic heterocycles. The van der Waals surface area contributed by atoms with Crippen molar-refractivity contribution >= 4 is 23.0 Å². The van der Waals surface area contributed by atoms with Gasteiger partial charge < -0.3 is 13.9 Å². The van der Waals surface area contributed by atoms with Crippen molar-refractivity contribution in [1.82, 2.24) is 5.01 Å². The molecule has 0 aliphatic carbocycles.